The van der Waals surface area contributed by atoms with E-state index in [1.807, 2.05) is 6.92 Å². The summed E-state index contributed by atoms with van der Waals surface area (Å²) in [7, 11) is 1.34. The van der Waals surface area contributed by atoms with Gasteiger partial charge in [-0.3, -0.25) is 18.5 Å². The average molecular weight is 456 g/mol. The molecule has 1 aliphatic rings. The van der Waals surface area contributed by atoms with E-state index < -0.39 is 29.6 Å². The zero-order valence-corrected chi connectivity index (χ0v) is 17.8. The molecule has 0 amide bonds. The minimum absolute atomic E-state index is 0.00572. The highest BCUT2D eigenvalue weighted by Crippen LogP contribution is 2.25. The first-order valence-corrected chi connectivity index (χ1v) is 9.96. The fourth-order valence-corrected chi connectivity index (χ4v) is 3.50. The molecule has 3 rings (SSSR count). The van der Waals surface area contributed by atoms with Crippen molar-refractivity contribution in [1.82, 2.24) is 24.0 Å². The van der Waals surface area contributed by atoms with Crippen LogP contribution in [-0.2, 0) is 29.7 Å². The predicted molar refractivity (Wildman–Crippen MR) is 109 cm³/mol. The van der Waals surface area contributed by atoms with Crippen LogP contribution in [0.4, 0.5) is 19.1 Å². The number of hydrogen-bond acceptors (Lipinski definition) is 7. The number of halogens is 3. The van der Waals surface area contributed by atoms with Crippen LogP contribution in [0.1, 0.15) is 20.3 Å². The molecule has 1 atom stereocenters. The molecule has 3 heterocycles. The molecule has 0 spiro atoms. The lowest BCUT2D eigenvalue weighted by atomic mass is 10.3. The van der Waals surface area contributed by atoms with Crippen LogP contribution in [-0.4, -0.2) is 56.7 Å². The van der Waals surface area contributed by atoms with Crippen LogP contribution in [0.2, 0.25) is 0 Å². The van der Waals surface area contributed by atoms with Crippen LogP contribution in [0.15, 0.2) is 9.59 Å². The minimum atomic E-state index is -5.16. The normalized spacial score (nSPS) is 16.7. The van der Waals surface area contributed by atoms with Crippen molar-refractivity contribution in [2.24, 2.45) is 7.05 Å². The van der Waals surface area contributed by atoms with E-state index in [0.717, 1.165) is 4.57 Å². The molecule has 1 saturated heterocycles. The molecule has 1 unspecified atom stereocenters. The van der Waals surface area contributed by atoms with E-state index in [2.05, 4.69) is 22.1 Å². The van der Waals surface area contributed by atoms with E-state index in [-0.39, 0.29) is 43.3 Å². The summed E-state index contributed by atoms with van der Waals surface area (Å²) >= 11 is 0. The molecule has 10 nitrogen and oxygen atoms in total. The van der Waals surface area contributed by atoms with Crippen LogP contribution in [0.3, 0.4) is 0 Å². The number of alkyl halides is 3. The molecule has 174 valence electrons. The van der Waals surface area contributed by atoms with Gasteiger partial charge in [-0.1, -0.05) is 12.8 Å². The molecule has 32 heavy (non-hydrogen) atoms. The fourth-order valence-electron chi connectivity index (χ4n) is 3.50. The molecule has 0 saturated carbocycles. The maximum absolute atomic E-state index is 13.0. The summed E-state index contributed by atoms with van der Waals surface area (Å²) in [6.07, 6.45) is -5.89. The number of carbonyl (C=O) groups excluding carboxylic acids is 1. The maximum Gasteiger partial charge on any atom is 0.491 e. The summed E-state index contributed by atoms with van der Waals surface area (Å²) < 4.78 is 46.8. The topological polar surface area (TPSA) is 103 Å². The van der Waals surface area contributed by atoms with Gasteiger partial charge in [-0.05, 0) is 13.3 Å². The summed E-state index contributed by atoms with van der Waals surface area (Å²) in [5.74, 6) is 3.30. The number of hydrogen-bond donors (Lipinski definition) is 1. The molecule has 1 N–H and O–H groups in total. The van der Waals surface area contributed by atoms with Gasteiger partial charge in [0.2, 0.25) is 5.95 Å². The van der Waals surface area contributed by atoms with Crippen molar-refractivity contribution in [2.75, 3.05) is 24.5 Å². The number of aryl methyl sites for hydroxylation is 1. The number of esters is 1. The molecule has 1 aliphatic heterocycles. The van der Waals surface area contributed by atoms with Gasteiger partial charge < -0.3 is 15.0 Å². The number of fused-ring (bicyclic) bond motifs is 1. The smallest absolute Gasteiger partial charge is 0.433 e. The number of anilines is 1. The Kier molecular flexibility index (Phi) is 6.63. The first-order valence-electron chi connectivity index (χ1n) is 9.96. The van der Waals surface area contributed by atoms with Gasteiger partial charge in [-0.15, -0.1) is 5.92 Å². The number of carbonyl (C=O) groups is 1. The Morgan fingerprint density at radius 1 is 1.31 bits per heavy atom. The van der Waals surface area contributed by atoms with E-state index in [0.29, 0.717) is 13.0 Å². The highest BCUT2D eigenvalue weighted by molar-refractivity contribution is 5.77. The predicted octanol–water partition coefficient (Wildman–Crippen LogP) is 0.171. The van der Waals surface area contributed by atoms with Gasteiger partial charge in [0.05, 0.1) is 13.1 Å². The van der Waals surface area contributed by atoms with Gasteiger partial charge in [0.15, 0.2) is 17.4 Å². The van der Waals surface area contributed by atoms with Crippen LogP contribution >= 0.6 is 0 Å². The minimum Gasteiger partial charge on any atom is -0.433 e. The van der Waals surface area contributed by atoms with Gasteiger partial charge >= 0.3 is 17.8 Å². The van der Waals surface area contributed by atoms with E-state index >= 15 is 0 Å². The standard InChI is InChI=1S/C19H23F3N6O4/c1-4-6-9-27-13-14(28(8-5-2)18(31)25(3)15(13)29)24-17(27)26-10-7-23-11-12(26)32-16(30)19(20,21)22/h12,23H,5,7-11H2,1-3H3. The Labute approximate surface area is 180 Å². The van der Waals surface area contributed by atoms with E-state index in [1.54, 1.807) is 6.92 Å². The molecule has 2 aromatic heterocycles. The lowest BCUT2D eigenvalue weighted by Gasteiger charge is -2.36. The zero-order valence-electron chi connectivity index (χ0n) is 17.8. The van der Waals surface area contributed by atoms with Gasteiger partial charge in [0.1, 0.15) is 0 Å². The quantitative estimate of drug-likeness (QED) is 0.506. The Hall–Kier alpha value is -3.27. The van der Waals surface area contributed by atoms with Crippen molar-refractivity contribution in [3.8, 4) is 11.8 Å². The monoisotopic (exact) mass is 456 g/mol. The number of aromatic nitrogens is 4. The summed E-state index contributed by atoms with van der Waals surface area (Å²) in [5.41, 5.74) is -0.958. The van der Waals surface area contributed by atoms with Crippen molar-refractivity contribution < 1.29 is 22.7 Å². The first kappa shape index (κ1) is 23.4. The highest BCUT2D eigenvalue weighted by atomic mass is 19.4. The highest BCUT2D eigenvalue weighted by Gasteiger charge is 2.44. The van der Waals surface area contributed by atoms with Crippen LogP contribution in [0.25, 0.3) is 11.2 Å². The fraction of sp³-hybridized carbons (Fsp3) is 0.579. The van der Waals surface area contributed by atoms with Crippen molar-refractivity contribution in [1.29, 1.82) is 0 Å². The third-order valence-corrected chi connectivity index (χ3v) is 5.00. The largest absolute Gasteiger partial charge is 0.491 e. The van der Waals surface area contributed by atoms with Gasteiger partial charge in [-0.25, -0.2) is 9.59 Å². The van der Waals surface area contributed by atoms with Crippen LogP contribution in [0.5, 0.6) is 0 Å². The maximum atomic E-state index is 13.0. The summed E-state index contributed by atoms with van der Waals surface area (Å²) in [6, 6.07) is 0. The Morgan fingerprint density at radius 2 is 2.03 bits per heavy atom. The number of piperazine rings is 1. The van der Waals surface area contributed by atoms with Gasteiger partial charge in [0.25, 0.3) is 5.56 Å². The molecular formula is C19H23F3N6O4. The molecule has 0 aromatic carbocycles. The van der Waals surface area contributed by atoms with Crippen molar-refractivity contribution >= 4 is 23.1 Å². The van der Waals surface area contributed by atoms with Crippen molar-refractivity contribution in [2.45, 2.75) is 45.8 Å². The van der Waals surface area contributed by atoms with Gasteiger partial charge in [-0.2, -0.15) is 18.2 Å². The third kappa shape index (κ3) is 4.22. The number of rotatable bonds is 5. The second-order valence-corrected chi connectivity index (χ2v) is 7.15. The van der Waals surface area contributed by atoms with E-state index in [9.17, 15) is 27.6 Å². The molecule has 0 aliphatic carbocycles. The number of ether oxygens (including phenoxy) is 1. The van der Waals surface area contributed by atoms with Gasteiger partial charge in [0, 0.05) is 26.7 Å². The molecule has 13 heteroatoms. The number of imidazole rings is 1. The number of nitrogens with one attached hydrogen (secondary N) is 1. The Bertz CT molecular complexity index is 1200. The Balaban J connectivity index is 2.23. The van der Waals surface area contributed by atoms with E-state index in [1.165, 1.54) is 21.1 Å². The lowest BCUT2D eigenvalue weighted by Crippen LogP contribution is -2.55. The summed E-state index contributed by atoms with van der Waals surface area (Å²) in [5, 5.41) is 2.88. The lowest BCUT2D eigenvalue weighted by molar-refractivity contribution is -0.205. The second kappa shape index (κ2) is 9.07. The average Bonchev–Trinajstić information content (AvgIpc) is 3.12. The van der Waals surface area contributed by atoms with Crippen LogP contribution in [0, 0.1) is 11.8 Å². The molecule has 0 bridgehead atoms. The molecular weight excluding hydrogens is 433 g/mol. The zero-order chi connectivity index (χ0) is 23.6. The van der Waals surface area contributed by atoms with Crippen LogP contribution < -0.4 is 21.5 Å². The second-order valence-electron chi connectivity index (χ2n) is 7.15. The first-order chi connectivity index (χ1) is 15.1. The molecule has 1 fully saturated rings. The Morgan fingerprint density at radius 3 is 2.66 bits per heavy atom. The molecule has 0 radical (unpaired) electrons. The van der Waals surface area contributed by atoms with Crippen molar-refractivity contribution in [3.63, 3.8) is 0 Å². The number of nitrogens with zero attached hydrogens (tertiary/aromatic N) is 5. The van der Waals surface area contributed by atoms with Crippen molar-refractivity contribution in [3.05, 3.63) is 20.8 Å². The van der Waals surface area contributed by atoms with E-state index in [4.69, 9.17) is 4.74 Å². The SMILES string of the molecule is CC#CCn1c(N2CCNCC2OC(=O)C(F)(F)F)nc2c1c(=O)n(C)c(=O)n2CCC. The summed E-state index contributed by atoms with van der Waals surface area (Å²) in [4.78, 5) is 42.9. The summed E-state index contributed by atoms with van der Waals surface area (Å²) in [6.45, 7) is 4.19. The third-order valence-electron chi connectivity index (χ3n) is 5.00. The molecule has 2 aromatic rings.